The molecule has 0 spiro atoms. The number of nitrogens with one attached hydrogen (secondary N) is 2. The van der Waals surface area contributed by atoms with E-state index >= 15 is 0 Å². The van der Waals surface area contributed by atoms with E-state index in [0.29, 0.717) is 24.6 Å². The zero-order valence-electron chi connectivity index (χ0n) is 15.4. The highest BCUT2D eigenvalue weighted by Crippen LogP contribution is 2.24. The maximum Gasteiger partial charge on any atom is 0.573 e. The van der Waals surface area contributed by atoms with Crippen LogP contribution in [0.15, 0.2) is 41.5 Å². The minimum absolute atomic E-state index is 0. The molecule has 156 valence electrons. The molecule has 7 nitrogen and oxygen atoms in total. The molecule has 0 aliphatic heterocycles. The molecule has 1 atom stereocenters. The van der Waals surface area contributed by atoms with Crippen LogP contribution in [0.4, 0.5) is 13.2 Å². The number of ether oxygens (including phenoxy) is 1. The molecule has 1 aromatic carbocycles. The standard InChI is InChI=1S/C17H22F3N5O2.HI/c1-3-21-16(22-10-13-8-9-24-25(13)2)23-11-15(26)12-4-6-14(7-5-12)27-17(18,19)20;/h4-9,15,26H,3,10-11H2,1-2H3,(H2,21,22,23);1H. The van der Waals surface area contributed by atoms with Gasteiger partial charge in [0.25, 0.3) is 0 Å². The number of hydrogen-bond acceptors (Lipinski definition) is 4. The molecule has 0 radical (unpaired) electrons. The average molecular weight is 513 g/mol. The van der Waals surface area contributed by atoms with Gasteiger partial charge < -0.3 is 20.5 Å². The molecule has 0 fully saturated rings. The van der Waals surface area contributed by atoms with E-state index in [1.807, 2.05) is 20.0 Å². The molecule has 1 unspecified atom stereocenters. The first-order valence-electron chi connectivity index (χ1n) is 8.31. The third kappa shape index (κ3) is 7.92. The van der Waals surface area contributed by atoms with Crippen LogP contribution >= 0.6 is 24.0 Å². The maximum absolute atomic E-state index is 12.2. The van der Waals surface area contributed by atoms with Crippen LogP contribution in [-0.2, 0) is 13.6 Å². The van der Waals surface area contributed by atoms with Crippen LogP contribution in [0.2, 0.25) is 0 Å². The first kappa shape index (κ1) is 24.0. The lowest BCUT2D eigenvalue weighted by atomic mass is 10.1. The molecule has 0 saturated carbocycles. The first-order valence-corrected chi connectivity index (χ1v) is 8.31. The Balaban J connectivity index is 0.00000392. The largest absolute Gasteiger partial charge is 0.573 e. The van der Waals surface area contributed by atoms with Crippen LogP contribution in [0.1, 0.15) is 24.3 Å². The highest BCUT2D eigenvalue weighted by atomic mass is 127. The number of hydrogen-bond donors (Lipinski definition) is 3. The Bertz CT molecular complexity index is 750. The Hall–Kier alpha value is -2.02. The van der Waals surface area contributed by atoms with Crippen molar-refractivity contribution in [3.63, 3.8) is 0 Å². The fraction of sp³-hybridized carbons (Fsp3) is 0.412. The average Bonchev–Trinajstić information content (AvgIpc) is 3.01. The molecule has 0 aliphatic rings. The van der Waals surface area contributed by atoms with Crippen molar-refractivity contribution in [2.75, 3.05) is 13.1 Å². The minimum Gasteiger partial charge on any atom is -0.406 e. The maximum atomic E-state index is 12.2. The molecule has 0 saturated heterocycles. The molecule has 0 aliphatic carbocycles. The number of aliphatic hydroxyl groups excluding tert-OH is 1. The van der Waals surface area contributed by atoms with Gasteiger partial charge in [0, 0.05) is 26.3 Å². The number of alkyl halides is 3. The summed E-state index contributed by atoms with van der Waals surface area (Å²) in [4.78, 5) is 4.41. The third-order valence-electron chi connectivity index (χ3n) is 3.63. The highest BCUT2D eigenvalue weighted by Gasteiger charge is 2.31. The van der Waals surface area contributed by atoms with Crippen LogP contribution < -0.4 is 15.4 Å². The normalized spacial score (nSPS) is 12.9. The molecule has 3 N–H and O–H groups in total. The van der Waals surface area contributed by atoms with Crippen LogP contribution in [0, 0.1) is 0 Å². The molecule has 11 heteroatoms. The Labute approximate surface area is 178 Å². The van der Waals surface area contributed by atoms with Crippen LogP contribution in [-0.4, -0.2) is 40.3 Å². The summed E-state index contributed by atoms with van der Waals surface area (Å²) in [5, 5.41) is 20.4. The number of guanidine groups is 1. The van der Waals surface area contributed by atoms with Crippen molar-refractivity contribution in [2.45, 2.75) is 25.9 Å². The molecule has 0 bridgehead atoms. The second-order valence-corrected chi connectivity index (χ2v) is 5.65. The number of aliphatic hydroxyl groups is 1. The van der Waals surface area contributed by atoms with Gasteiger partial charge in [-0.3, -0.25) is 4.68 Å². The van der Waals surface area contributed by atoms with Gasteiger partial charge in [0.2, 0.25) is 0 Å². The number of rotatable bonds is 7. The van der Waals surface area contributed by atoms with Gasteiger partial charge in [-0.25, -0.2) is 4.99 Å². The number of benzene rings is 1. The lowest BCUT2D eigenvalue weighted by Crippen LogP contribution is -2.39. The van der Waals surface area contributed by atoms with Crippen molar-refractivity contribution in [3.05, 3.63) is 47.8 Å². The van der Waals surface area contributed by atoms with Gasteiger partial charge in [-0.15, -0.1) is 37.1 Å². The summed E-state index contributed by atoms with van der Waals surface area (Å²) in [6.45, 7) is 3.09. The summed E-state index contributed by atoms with van der Waals surface area (Å²) >= 11 is 0. The first-order chi connectivity index (χ1) is 12.8. The van der Waals surface area contributed by atoms with Crippen molar-refractivity contribution in [1.29, 1.82) is 0 Å². The summed E-state index contributed by atoms with van der Waals surface area (Å²) in [6, 6.07) is 6.94. The van der Waals surface area contributed by atoms with Gasteiger partial charge >= 0.3 is 6.36 Å². The number of nitrogens with zero attached hydrogens (tertiary/aromatic N) is 3. The number of aryl methyl sites for hydroxylation is 1. The number of aromatic nitrogens is 2. The van der Waals surface area contributed by atoms with Gasteiger partial charge in [0.05, 0.1) is 18.3 Å². The van der Waals surface area contributed by atoms with E-state index in [1.54, 1.807) is 10.9 Å². The van der Waals surface area contributed by atoms with Gasteiger partial charge in [-0.1, -0.05) is 12.1 Å². The number of aliphatic imine (C=N–C) groups is 1. The lowest BCUT2D eigenvalue weighted by Gasteiger charge is -2.16. The van der Waals surface area contributed by atoms with E-state index in [1.165, 1.54) is 12.1 Å². The fourth-order valence-corrected chi connectivity index (χ4v) is 2.26. The van der Waals surface area contributed by atoms with Crippen LogP contribution in [0.25, 0.3) is 0 Å². The van der Waals surface area contributed by atoms with E-state index in [0.717, 1.165) is 17.8 Å². The topological polar surface area (TPSA) is 83.7 Å². The molecular weight excluding hydrogens is 490 g/mol. The third-order valence-corrected chi connectivity index (χ3v) is 3.63. The zero-order chi connectivity index (χ0) is 19.9. The van der Waals surface area contributed by atoms with Gasteiger partial charge in [-0.2, -0.15) is 5.10 Å². The van der Waals surface area contributed by atoms with Gasteiger partial charge in [0.1, 0.15) is 5.75 Å². The van der Waals surface area contributed by atoms with Crippen molar-refractivity contribution < 1.29 is 23.0 Å². The summed E-state index contributed by atoms with van der Waals surface area (Å²) in [6.07, 6.45) is -3.99. The SMILES string of the molecule is CCNC(=NCc1ccnn1C)NCC(O)c1ccc(OC(F)(F)F)cc1.I. The van der Waals surface area contributed by atoms with E-state index in [2.05, 4.69) is 25.5 Å². The van der Waals surface area contributed by atoms with Crippen molar-refractivity contribution >= 4 is 29.9 Å². The molecule has 1 heterocycles. The Morgan fingerprint density at radius 3 is 2.46 bits per heavy atom. The smallest absolute Gasteiger partial charge is 0.406 e. The second kappa shape index (κ2) is 11.1. The monoisotopic (exact) mass is 513 g/mol. The van der Waals surface area contributed by atoms with E-state index in [4.69, 9.17) is 0 Å². The van der Waals surface area contributed by atoms with Crippen molar-refractivity contribution in [3.8, 4) is 5.75 Å². The van der Waals surface area contributed by atoms with Gasteiger partial charge in [0.15, 0.2) is 5.96 Å². The Morgan fingerprint density at radius 1 is 1.25 bits per heavy atom. The summed E-state index contributed by atoms with van der Waals surface area (Å²) < 4.78 is 42.0. The van der Waals surface area contributed by atoms with Crippen molar-refractivity contribution in [1.82, 2.24) is 20.4 Å². The molecule has 0 amide bonds. The van der Waals surface area contributed by atoms with Gasteiger partial charge in [-0.05, 0) is 30.7 Å². The molecule has 28 heavy (non-hydrogen) atoms. The molecule has 1 aromatic heterocycles. The predicted octanol–water partition coefficient (Wildman–Crippen LogP) is 2.73. The summed E-state index contributed by atoms with van der Waals surface area (Å²) in [7, 11) is 1.82. The Morgan fingerprint density at radius 2 is 1.93 bits per heavy atom. The fourth-order valence-electron chi connectivity index (χ4n) is 2.26. The van der Waals surface area contributed by atoms with E-state index in [9.17, 15) is 18.3 Å². The number of halogens is 4. The highest BCUT2D eigenvalue weighted by molar-refractivity contribution is 14.0. The Kier molecular flexibility index (Phi) is 9.52. The zero-order valence-corrected chi connectivity index (χ0v) is 17.7. The minimum atomic E-state index is -4.74. The lowest BCUT2D eigenvalue weighted by molar-refractivity contribution is -0.274. The van der Waals surface area contributed by atoms with E-state index in [-0.39, 0.29) is 36.3 Å². The van der Waals surface area contributed by atoms with E-state index < -0.39 is 12.5 Å². The van der Waals surface area contributed by atoms with Crippen LogP contribution in [0.3, 0.4) is 0 Å². The summed E-state index contributed by atoms with van der Waals surface area (Å²) in [5.74, 6) is 0.173. The molecule has 2 aromatic rings. The summed E-state index contributed by atoms with van der Waals surface area (Å²) in [5.41, 5.74) is 1.38. The molecule has 2 rings (SSSR count). The molecular formula is C17H23F3IN5O2. The van der Waals surface area contributed by atoms with Crippen LogP contribution in [0.5, 0.6) is 5.75 Å². The quantitative estimate of drug-likeness (QED) is 0.302. The second-order valence-electron chi connectivity index (χ2n) is 5.65. The predicted molar refractivity (Wildman–Crippen MR) is 110 cm³/mol. The van der Waals surface area contributed by atoms with Crippen molar-refractivity contribution in [2.24, 2.45) is 12.0 Å².